The maximum Gasteiger partial charge on any atom is 0.372 e. The Morgan fingerprint density at radius 2 is 1.95 bits per heavy atom. The van der Waals surface area contributed by atoms with E-state index < -0.39 is 4.92 Å². The maximum atomic E-state index is 11.4. The van der Waals surface area contributed by atoms with E-state index in [9.17, 15) is 10.1 Å². The lowest BCUT2D eigenvalue weighted by Crippen LogP contribution is -2.18. The molecule has 0 radical (unpaired) electrons. The van der Waals surface area contributed by atoms with Crippen LogP contribution >= 0.6 is 0 Å². The zero-order valence-corrected chi connectivity index (χ0v) is 13.3. The molecule has 1 aromatic rings. The quantitative estimate of drug-likeness (QED) is 0.583. The van der Waals surface area contributed by atoms with E-state index >= 15 is 0 Å². The maximum absolute atomic E-state index is 11.4. The highest BCUT2D eigenvalue weighted by Crippen LogP contribution is 2.34. The zero-order valence-electron chi connectivity index (χ0n) is 13.3. The van der Waals surface area contributed by atoms with Gasteiger partial charge in [-0.25, -0.2) is 4.98 Å². The largest absolute Gasteiger partial charge is 0.473 e. The summed E-state index contributed by atoms with van der Waals surface area (Å²) in [7, 11) is 0. The lowest BCUT2D eigenvalue weighted by atomic mass is 10.2. The highest BCUT2D eigenvalue weighted by Gasteiger charge is 2.27. The van der Waals surface area contributed by atoms with E-state index in [0.29, 0.717) is 12.4 Å². The first-order chi connectivity index (χ1) is 9.90. The van der Waals surface area contributed by atoms with Crippen molar-refractivity contribution in [2.45, 2.75) is 59.4 Å². The van der Waals surface area contributed by atoms with Crippen LogP contribution in [0.15, 0.2) is 0 Å². The van der Waals surface area contributed by atoms with Crippen LogP contribution in [0, 0.1) is 10.1 Å². The van der Waals surface area contributed by atoms with E-state index in [1.807, 2.05) is 34.6 Å². The second-order valence-electron chi connectivity index (χ2n) is 5.30. The van der Waals surface area contributed by atoms with Gasteiger partial charge in [-0.15, -0.1) is 0 Å². The lowest BCUT2D eigenvalue weighted by Gasteiger charge is -2.15. The average molecular weight is 296 g/mol. The van der Waals surface area contributed by atoms with Gasteiger partial charge >= 0.3 is 5.69 Å². The smallest absolute Gasteiger partial charge is 0.372 e. The van der Waals surface area contributed by atoms with Crippen molar-refractivity contribution in [3.05, 3.63) is 15.9 Å². The Morgan fingerprint density at radius 3 is 2.43 bits per heavy atom. The normalized spacial score (nSPS) is 12.3. The molecule has 0 aliphatic heterocycles. The van der Waals surface area contributed by atoms with Gasteiger partial charge in [-0.05, 0) is 19.8 Å². The Morgan fingerprint density at radius 1 is 1.29 bits per heavy atom. The molecular weight excluding hydrogens is 272 g/mol. The van der Waals surface area contributed by atoms with Crippen molar-refractivity contribution in [3.63, 3.8) is 0 Å². The molecule has 0 aromatic carbocycles. The molecule has 0 spiro atoms. The number of anilines is 1. The van der Waals surface area contributed by atoms with Crippen LogP contribution in [0.4, 0.5) is 11.5 Å². The number of nitrogens with zero attached hydrogens (tertiary/aromatic N) is 3. The molecule has 0 saturated heterocycles. The van der Waals surface area contributed by atoms with E-state index in [2.05, 4.69) is 15.3 Å². The van der Waals surface area contributed by atoms with Gasteiger partial charge in [0.1, 0.15) is 5.82 Å². The van der Waals surface area contributed by atoms with Gasteiger partial charge < -0.3 is 10.1 Å². The minimum Gasteiger partial charge on any atom is -0.473 e. The van der Waals surface area contributed by atoms with Gasteiger partial charge in [0.05, 0.1) is 11.5 Å². The summed E-state index contributed by atoms with van der Waals surface area (Å²) in [5, 5.41) is 14.4. The molecule has 1 heterocycles. The number of nitro groups is 1. The Hall–Kier alpha value is -1.92. The minimum absolute atomic E-state index is 0.0475. The third-order valence-electron chi connectivity index (χ3n) is 3.01. The second-order valence-corrected chi connectivity index (χ2v) is 5.30. The molecule has 1 rings (SSSR count). The molecule has 0 bridgehead atoms. The fraction of sp³-hybridized carbons (Fsp3) is 0.714. The first-order valence-corrected chi connectivity index (χ1v) is 7.36. The molecule has 7 heteroatoms. The Balaban J connectivity index is 3.34. The molecule has 0 aliphatic carbocycles. The molecule has 21 heavy (non-hydrogen) atoms. The third-order valence-corrected chi connectivity index (χ3v) is 3.01. The van der Waals surface area contributed by atoms with Gasteiger partial charge in [0.2, 0.25) is 5.82 Å². The van der Waals surface area contributed by atoms with Gasteiger partial charge in [0.15, 0.2) is 0 Å². The second kappa shape index (κ2) is 7.75. The van der Waals surface area contributed by atoms with E-state index in [4.69, 9.17) is 4.74 Å². The Kier molecular flexibility index (Phi) is 6.33. The zero-order chi connectivity index (χ0) is 16.0. The molecule has 1 atom stereocenters. The van der Waals surface area contributed by atoms with Crippen molar-refractivity contribution >= 4 is 11.5 Å². The van der Waals surface area contributed by atoms with Crippen molar-refractivity contribution in [2.75, 3.05) is 11.9 Å². The van der Waals surface area contributed by atoms with E-state index in [1.165, 1.54) is 0 Å². The van der Waals surface area contributed by atoms with Crippen molar-refractivity contribution < 1.29 is 9.66 Å². The molecule has 0 amide bonds. The molecular formula is C14H24N4O3. The van der Waals surface area contributed by atoms with E-state index in [0.717, 1.165) is 12.8 Å². The predicted molar refractivity (Wildman–Crippen MR) is 81.9 cm³/mol. The number of nitrogens with one attached hydrogen (secondary N) is 1. The van der Waals surface area contributed by atoms with Gasteiger partial charge in [-0.1, -0.05) is 27.7 Å². The third kappa shape index (κ3) is 4.54. The molecule has 1 unspecified atom stereocenters. The first kappa shape index (κ1) is 17.1. The van der Waals surface area contributed by atoms with Crippen molar-refractivity contribution in [1.82, 2.24) is 9.97 Å². The molecule has 0 fully saturated rings. The van der Waals surface area contributed by atoms with Crippen LogP contribution in [0.3, 0.4) is 0 Å². The fourth-order valence-electron chi connectivity index (χ4n) is 1.61. The van der Waals surface area contributed by atoms with Crippen LogP contribution < -0.4 is 10.1 Å². The molecule has 0 aliphatic rings. The van der Waals surface area contributed by atoms with Crippen LogP contribution in [0.1, 0.15) is 59.2 Å². The molecule has 7 nitrogen and oxygen atoms in total. The molecule has 118 valence electrons. The van der Waals surface area contributed by atoms with Crippen LogP contribution in [-0.2, 0) is 0 Å². The number of hydrogen-bond acceptors (Lipinski definition) is 6. The summed E-state index contributed by atoms with van der Waals surface area (Å²) >= 11 is 0. The Labute approximate surface area is 125 Å². The summed E-state index contributed by atoms with van der Waals surface area (Å²) in [6.45, 7) is 10.2. The summed E-state index contributed by atoms with van der Waals surface area (Å²) in [6, 6.07) is 0.0811. The average Bonchev–Trinajstić information content (AvgIpc) is 2.43. The van der Waals surface area contributed by atoms with Crippen molar-refractivity contribution in [1.29, 1.82) is 0 Å². The van der Waals surface area contributed by atoms with Crippen LogP contribution in [0.25, 0.3) is 0 Å². The van der Waals surface area contributed by atoms with E-state index in [-0.39, 0.29) is 29.3 Å². The van der Waals surface area contributed by atoms with Crippen molar-refractivity contribution in [2.24, 2.45) is 0 Å². The van der Waals surface area contributed by atoms with E-state index in [1.54, 1.807) is 0 Å². The van der Waals surface area contributed by atoms with Gasteiger partial charge in [0.25, 0.3) is 5.88 Å². The highest BCUT2D eigenvalue weighted by molar-refractivity contribution is 5.62. The standard InChI is InChI=1S/C14H24N4O3/c1-6-8-21-14-11(18(19)20)13(15-10(5)7-2)16-12(17-14)9(3)4/h9-10H,6-8H2,1-5H3,(H,15,16,17). The monoisotopic (exact) mass is 296 g/mol. The minimum atomic E-state index is -0.486. The molecule has 1 N–H and O–H groups in total. The summed E-state index contributed by atoms with van der Waals surface area (Å²) < 4.78 is 5.46. The van der Waals surface area contributed by atoms with Gasteiger partial charge in [-0.3, -0.25) is 10.1 Å². The first-order valence-electron chi connectivity index (χ1n) is 7.36. The molecule has 1 aromatic heterocycles. The summed E-state index contributed by atoms with van der Waals surface area (Å²) in [6.07, 6.45) is 1.59. The van der Waals surface area contributed by atoms with Gasteiger partial charge in [0, 0.05) is 12.0 Å². The number of aromatic nitrogens is 2. The SMILES string of the molecule is CCCOc1nc(C(C)C)nc(NC(C)CC)c1[N+](=O)[O-]. The Bertz CT molecular complexity index is 491. The topological polar surface area (TPSA) is 90.2 Å². The summed E-state index contributed by atoms with van der Waals surface area (Å²) in [5.74, 6) is 0.885. The lowest BCUT2D eigenvalue weighted by molar-refractivity contribution is -0.385. The summed E-state index contributed by atoms with van der Waals surface area (Å²) in [4.78, 5) is 19.4. The van der Waals surface area contributed by atoms with Crippen LogP contribution in [0.2, 0.25) is 0 Å². The predicted octanol–water partition coefficient (Wildman–Crippen LogP) is 3.51. The highest BCUT2D eigenvalue weighted by atomic mass is 16.6. The van der Waals surface area contributed by atoms with Crippen LogP contribution in [-0.4, -0.2) is 27.5 Å². The van der Waals surface area contributed by atoms with Crippen LogP contribution in [0.5, 0.6) is 5.88 Å². The molecule has 0 saturated carbocycles. The van der Waals surface area contributed by atoms with Crippen molar-refractivity contribution in [3.8, 4) is 5.88 Å². The number of ether oxygens (including phenoxy) is 1. The van der Waals surface area contributed by atoms with Gasteiger partial charge in [-0.2, -0.15) is 4.98 Å². The number of hydrogen-bond donors (Lipinski definition) is 1. The summed E-state index contributed by atoms with van der Waals surface area (Å²) in [5.41, 5.74) is -0.187. The number of rotatable bonds is 8. The fourth-order valence-corrected chi connectivity index (χ4v) is 1.61.